The van der Waals surface area contributed by atoms with Crippen LogP contribution in [0.15, 0.2) is 30.3 Å². The number of benzene rings is 1. The van der Waals surface area contributed by atoms with E-state index in [1.165, 1.54) is 0 Å². The Labute approximate surface area is 119 Å². The third-order valence-electron chi connectivity index (χ3n) is 3.57. The molecule has 1 aliphatic rings. The molecule has 0 saturated carbocycles. The van der Waals surface area contributed by atoms with Crippen molar-refractivity contribution in [1.82, 2.24) is 10.6 Å². The van der Waals surface area contributed by atoms with Gasteiger partial charge in [-0.15, -0.1) is 0 Å². The third kappa shape index (κ3) is 4.03. The van der Waals surface area contributed by atoms with E-state index in [-0.39, 0.29) is 18.0 Å². The van der Waals surface area contributed by atoms with Crippen molar-refractivity contribution in [3.05, 3.63) is 35.9 Å². The van der Waals surface area contributed by atoms with Crippen molar-refractivity contribution in [3.8, 4) is 0 Å². The zero-order chi connectivity index (χ0) is 14.5. The number of nitrogens with one attached hydrogen (secondary N) is 2. The Kier molecular flexibility index (Phi) is 5.11. The average Bonchev–Trinajstić information content (AvgIpc) is 2.86. The maximum atomic E-state index is 12.0. The normalized spacial score (nSPS) is 25.1. The molecule has 1 saturated heterocycles. The third-order valence-corrected chi connectivity index (χ3v) is 3.57. The summed E-state index contributed by atoms with van der Waals surface area (Å²) in [6.07, 6.45) is -0.130. The summed E-state index contributed by atoms with van der Waals surface area (Å²) in [5.41, 5.74) is 0.850. The van der Waals surface area contributed by atoms with E-state index in [1.807, 2.05) is 37.3 Å². The quantitative estimate of drug-likeness (QED) is 0.626. The minimum atomic E-state index is -0.589. The van der Waals surface area contributed by atoms with E-state index in [1.54, 1.807) is 0 Å². The van der Waals surface area contributed by atoms with Gasteiger partial charge in [0.05, 0.1) is 18.2 Å². The first-order valence-electron chi connectivity index (χ1n) is 7.01. The van der Waals surface area contributed by atoms with Crippen LogP contribution in [0.4, 0.5) is 0 Å². The smallest absolute Gasteiger partial charge is 0.237 e. The molecular formula is C15H22N2O3. The van der Waals surface area contributed by atoms with Gasteiger partial charge in [0.1, 0.15) is 0 Å². The number of rotatable bonds is 5. The lowest BCUT2D eigenvalue weighted by Gasteiger charge is -2.20. The molecule has 1 amide bonds. The number of hydrogen-bond donors (Lipinski definition) is 4. The van der Waals surface area contributed by atoms with E-state index in [2.05, 4.69) is 10.6 Å². The zero-order valence-electron chi connectivity index (χ0n) is 11.6. The van der Waals surface area contributed by atoms with E-state index in [0.29, 0.717) is 19.4 Å². The first-order valence-corrected chi connectivity index (χ1v) is 7.01. The molecule has 0 aliphatic carbocycles. The number of amides is 1. The van der Waals surface area contributed by atoms with Crippen molar-refractivity contribution in [3.63, 3.8) is 0 Å². The maximum Gasteiger partial charge on any atom is 0.237 e. The molecule has 4 atom stereocenters. The van der Waals surface area contributed by atoms with Crippen LogP contribution < -0.4 is 10.6 Å². The maximum absolute atomic E-state index is 12.0. The monoisotopic (exact) mass is 278 g/mol. The molecule has 4 N–H and O–H groups in total. The number of aliphatic hydroxyl groups excluding tert-OH is 2. The fourth-order valence-corrected chi connectivity index (χ4v) is 2.47. The minimum absolute atomic E-state index is 0.116. The fourth-order valence-electron chi connectivity index (χ4n) is 2.47. The highest BCUT2D eigenvalue weighted by molar-refractivity contribution is 5.82. The second-order valence-corrected chi connectivity index (χ2v) is 5.42. The highest BCUT2D eigenvalue weighted by atomic mass is 16.3. The summed E-state index contributed by atoms with van der Waals surface area (Å²) >= 11 is 0. The Balaban J connectivity index is 1.80. The van der Waals surface area contributed by atoms with Gasteiger partial charge >= 0.3 is 0 Å². The average molecular weight is 278 g/mol. The molecule has 1 aromatic rings. The lowest BCUT2D eigenvalue weighted by molar-refractivity contribution is -0.123. The van der Waals surface area contributed by atoms with E-state index < -0.39 is 12.2 Å². The van der Waals surface area contributed by atoms with Gasteiger partial charge in [-0.2, -0.15) is 0 Å². The van der Waals surface area contributed by atoms with Crippen LogP contribution in [-0.4, -0.2) is 40.9 Å². The highest BCUT2D eigenvalue weighted by Gasteiger charge is 2.28. The summed E-state index contributed by atoms with van der Waals surface area (Å²) in [4.78, 5) is 12.0. The van der Waals surface area contributed by atoms with E-state index >= 15 is 0 Å². The van der Waals surface area contributed by atoms with Gasteiger partial charge in [-0.3, -0.25) is 4.79 Å². The largest absolute Gasteiger partial charge is 0.392 e. The Morgan fingerprint density at radius 3 is 2.75 bits per heavy atom. The molecule has 2 unspecified atom stereocenters. The summed E-state index contributed by atoms with van der Waals surface area (Å²) in [7, 11) is 0. The number of aliphatic hydroxyl groups is 2. The van der Waals surface area contributed by atoms with Crippen molar-refractivity contribution in [2.24, 2.45) is 0 Å². The standard InChI is InChI=1S/C15H22N2O3/c1-10(7-14(19)11-5-3-2-4-6-11)17-15(20)13-8-12(18)9-16-13/h2-6,10,12-14,16,18-19H,7-9H2,1H3,(H,17,20)/t10?,12-,13-,14?/m1/s1. The Morgan fingerprint density at radius 2 is 2.15 bits per heavy atom. The Bertz CT molecular complexity index is 438. The number of β-amino-alcohol motifs (C(OH)–C–C–N with tert-alkyl or cyclic N) is 1. The molecular weight excluding hydrogens is 256 g/mol. The minimum Gasteiger partial charge on any atom is -0.392 e. The first-order chi connectivity index (χ1) is 9.56. The molecule has 0 bridgehead atoms. The number of carbonyl (C=O) groups is 1. The van der Waals surface area contributed by atoms with Crippen LogP contribution in [0.2, 0.25) is 0 Å². The van der Waals surface area contributed by atoms with Gasteiger partial charge in [-0.25, -0.2) is 0 Å². The molecule has 0 radical (unpaired) electrons. The van der Waals surface area contributed by atoms with Crippen LogP contribution in [0.5, 0.6) is 0 Å². The van der Waals surface area contributed by atoms with Crippen molar-refractivity contribution in [1.29, 1.82) is 0 Å². The van der Waals surface area contributed by atoms with Crippen LogP contribution in [0, 0.1) is 0 Å². The predicted molar refractivity (Wildman–Crippen MR) is 76.0 cm³/mol. The van der Waals surface area contributed by atoms with Crippen molar-refractivity contribution in [2.45, 2.75) is 44.1 Å². The Morgan fingerprint density at radius 1 is 1.45 bits per heavy atom. The second kappa shape index (κ2) is 6.83. The summed E-state index contributed by atoms with van der Waals surface area (Å²) in [5, 5.41) is 25.3. The fraction of sp³-hybridized carbons (Fsp3) is 0.533. The molecule has 1 fully saturated rings. The summed E-state index contributed by atoms with van der Waals surface area (Å²) in [6.45, 7) is 2.33. The molecule has 0 aromatic heterocycles. The van der Waals surface area contributed by atoms with Gasteiger partial charge in [0.2, 0.25) is 5.91 Å². The van der Waals surface area contributed by atoms with E-state index in [0.717, 1.165) is 5.56 Å². The van der Waals surface area contributed by atoms with E-state index in [4.69, 9.17) is 0 Å². The van der Waals surface area contributed by atoms with Gasteiger partial charge in [0.25, 0.3) is 0 Å². The van der Waals surface area contributed by atoms with Crippen molar-refractivity contribution in [2.75, 3.05) is 6.54 Å². The van der Waals surface area contributed by atoms with E-state index in [9.17, 15) is 15.0 Å². The van der Waals surface area contributed by atoms with Crippen molar-refractivity contribution >= 4 is 5.91 Å². The van der Waals surface area contributed by atoms with Crippen LogP contribution in [0.1, 0.15) is 31.4 Å². The molecule has 5 heteroatoms. The predicted octanol–water partition coefficient (Wildman–Crippen LogP) is 0.338. The second-order valence-electron chi connectivity index (χ2n) is 5.42. The SMILES string of the molecule is CC(CC(O)c1ccccc1)NC(=O)[C@H]1C[C@@H](O)CN1. The lowest BCUT2D eigenvalue weighted by atomic mass is 10.0. The van der Waals surface area contributed by atoms with Gasteiger partial charge in [0.15, 0.2) is 0 Å². The Hall–Kier alpha value is -1.43. The van der Waals surface area contributed by atoms with Gasteiger partial charge in [-0.1, -0.05) is 30.3 Å². The molecule has 2 rings (SSSR count). The molecule has 1 aliphatic heterocycles. The van der Waals surface area contributed by atoms with Crippen LogP contribution in [0.3, 0.4) is 0 Å². The van der Waals surface area contributed by atoms with Crippen LogP contribution in [-0.2, 0) is 4.79 Å². The molecule has 1 aromatic carbocycles. The summed E-state index contributed by atoms with van der Waals surface area (Å²) in [5.74, 6) is -0.116. The number of hydrogen-bond acceptors (Lipinski definition) is 4. The summed E-state index contributed by atoms with van der Waals surface area (Å²) < 4.78 is 0. The molecule has 0 spiro atoms. The van der Waals surface area contributed by atoms with Gasteiger partial charge < -0.3 is 20.8 Å². The number of carbonyl (C=O) groups excluding carboxylic acids is 1. The van der Waals surface area contributed by atoms with Crippen LogP contribution in [0.25, 0.3) is 0 Å². The molecule has 110 valence electrons. The zero-order valence-corrected chi connectivity index (χ0v) is 11.6. The van der Waals surface area contributed by atoms with Gasteiger partial charge in [0, 0.05) is 12.6 Å². The summed E-state index contributed by atoms with van der Waals surface area (Å²) in [6, 6.07) is 8.94. The van der Waals surface area contributed by atoms with Gasteiger partial charge in [-0.05, 0) is 25.3 Å². The molecule has 5 nitrogen and oxygen atoms in total. The molecule has 20 heavy (non-hydrogen) atoms. The van der Waals surface area contributed by atoms with Crippen molar-refractivity contribution < 1.29 is 15.0 Å². The molecule has 1 heterocycles. The highest BCUT2D eigenvalue weighted by Crippen LogP contribution is 2.18. The lowest BCUT2D eigenvalue weighted by Crippen LogP contribution is -2.44. The van der Waals surface area contributed by atoms with Crippen LogP contribution >= 0.6 is 0 Å². The first kappa shape index (κ1) is 15.0. The topological polar surface area (TPSA) is 81.6 Å².